The van der Waals surface area contributed by atoms with Crippen molar-refractivity contribution in [2.24, 2.45) is 5.50 Å². The van der Waals surface area contributed by atoms with Gasteiger partial charge in [0.2, 0.25) is 0 Å². The van der Waals surface area contributed by atoms with Gasteiger partial charge in [0.15, 0.2) is 0 Å². The predicted octanol–water partition coefficient (Wildman–Crippen LogP) is 0.646. The standard InChI is InChI=1S/C8H19N2OP/c1-10-5-3-6-11-7-4-8-12(2)9/h4,7-8,10,12H,3,5-6,9H2,1-2H3/b7-4+. The number of ether oxygens (including phenoxy) is 1. The van der Waals surface area contributed by atoms with Crippen LogP contribution in [0, 0.1) is 0 Å². The SMILES string of the molecule is CNCCCO/C=C/C=[PH](/C)N. The molecule has 0 spiro atoms. The molecule has 0 aromatic heterocycles. The quantitative estimate of drug-likeness (QED) is 0.367. The van der Waals surface area contributed by atoms with E-state index in [0.717, 1.165) is 19.6 Å². The number of hydrogen-bond acceptors (Lipinski definition) is 3. The summed E-state index contributed by atoms with van der Waals surface area (Å²) in [6.45, 7) is 3.79. The maximum Gasteiger partial charge on any atom is 0.0885 e. The monoisotopic (exact) mass is 190 g/mol. The molecule has 0 radical (unpaired) electrons. The fourth-order valence-corrected chi connectivity index (χ4v) is 1.03. The Morgan fingerprint density at radius 2 is 2.33 bits per heavy atom. The summed E-state index contributed by atoms with van der Waals surface area (Å²) in [6, 6.07) is 0. The second kappa shape index (κ2) is 8.85. The molecule has 0 saturated carbocycles. The lowest BCUT2D eigenvalue weighted by molar-refractivity contribution is 0.245. The molecule has 4 heteroatoms. The van der Waals surface area contributed by atoms with Crippen molar-refractivity contribution >= 4 is 13.5 Å². The van der Waals surface area contributed by atoms with Crippen LogP contribution in [0.25, 0.3) is 0 Å². The first-order valence-electron chi connectivity index (χ1n) is 4.12. The van der Waals surface area contributed by atoms with E-state index in [4.69, 9.17) is 10.2 Å². The van der Waals surface area contributed by atoms with Gasteiger partial charge in [-0.1, -0.05) is 13.5 Å². The molecule has 3 N–H and O–H groups in total. The summed E-state index contributed by atoms with van der Waals surface area (Å²) in [5.74, 6) is 1.99. The van der Waals surface area contributed by atoms with Crippen molar-refractivity contribution in [2.75, 3.05) is 26.9 Å². The molecule has 12 heavy (non-hydrogen) atoms. The number of nitrogens with one attached hydrogen (secondary N) is 1. The zero-order valence-corrected chi connectivity index (χ0v) is 8.84. The average Bonchev–Trinajstić information content (AvgIpc) is 2.02. The highest BCUT2D eigenvalue weighted by atomic mass is 31.1. The Morgan fingerprint density at radius 3 is 2.92 bits per heavy atom. The highest BCUT2D eigenvalue weighted by Crippen LogP contribution is 1.98. The molecule has 0 aromatic rings. The second-order valence-corrected chi connectivity index (χ2v) is 4.39. The zero-order valence-electron chi connectivity index (χ0n) is 7.84. The molecule has 0 fully saturated rings. The molecule has 1 unspecified atom stereocenters. The van der Waals surface area contributed by atoms with Crippen molar-refractivity contribution < 1.29 is 4.74 Å². The molecule has 0 rings (SSSR count). The average molecular weight is 190 g/mol. The van der Waals surface area contributed by atoms with E-state index < -0.39 is 7.70 Å². The van der Waals surface area contributed by atoms with E-state index in [1.54, 1.807) is 6.26 Å². The highest BCUT2D eigenvalue weighted by Gasteiger charge is 1.81. The Morgan fingerprint density at radius 1 is 1.58 bits per heavy atom. The maximum atomic E-state index is 5.58. The van der Waals surface area contributed by atoms with Crippen LogP contribution in [0.5, 0.6) is 0 Å². The molecule has 0 aliphatic carbocycles. The number of nitrogens with two attached hydrogens (primary N) is 1. The molecule has 3 nitrogen and oxygen atoms in total. The second-order valence-electron chi connectivity index (χ2n) is 2.57. The number of hydrogen-bond donors (Lipinski definition) is 2. The Bertz CT molecular complexity index is 153. The molecular formula is C8H19N2OP. The van der Waals surface area contributed by atoms with Gasteiger partial charge in [0.05, 0.1) is 12.9 Å². The van der Waals surface area contributed by atoms with Crippen LogP contribution in [0.15, 0.2) is 12.3 Å². The van der Waals surface area contributed by atoms with Gasteiger partial charge in [0.25, 0.3) is 0 Å². The zero-order chi connectivity index (χ0) is 9.23. The van der Waals surface area contributed by atoms with Crippen LogP contribution in [0.1, 0.15) is 6.42 Å². The molecule has 0 aliphatic rings. The molecule has 1 atom stereocenters. The molecule has 0 amide bonds. The summed E-state index contributed by atoms with van der Waals surface area (Å²) in [5, 5.41) is 3.05. The van der Waals surface area contributed by atoms with E-state index >= 15 is 0 Å². The van der Waals surface area contributed by atoms with Gasteiger partial charge in [-0.3, -0.25) is 0 Å². The minimum atomic E-state index is -0.736. The van der Waals surface area contributed by atoms with Crippen LogP contribution < -0.4 is 10.8 Å². The lowest BCUT2D eigenvalue weighted by Gasteiger charge is -1.98. The lowest BCUT2D eigenvalue weighted by Crippen LogP contribution is -2.09. The van der Waals surface area contributed by atoms with Gasteiger partial charge in [-0.15, -0.1) is 0 Å². The Labute approximate surface area is 75.4 Å². The van der Waals surface area contributed by atoms with Gasteiger partial charge in [-0.2, -0.15) is 0 Å². The Kier molecular flexibility index (Phi) is 8.68. The van der Waals surface area contributed by atoms with Gasteiger partial charge in [-0.25, -0.2) is 0 Å². The highest BCUT2D eigenvalue weighted by molar-refractivity contribution is 7.54. The van der Waals surface area contributed by atoms with Crippen molar-refractivity contribution in [3.8, 4) is 0 Å². The minimum absolute atomic E-state index is 0.736. The first kappa shape index (κ1) is 11.8. The Hall–Kier alpha value is -0.240. The predicted molar refractivity (Wildman–Crippen MR) is 58.1 cm³/mol. The summed E-state index contributed by atoms with van der Waals surface area (Å²) < 4.78 is 5.20. The van der Waals surface area contributed by atoms with Crippen LogP contribution >= 0.6 is 7.70 Å². The van der Waals surface area contributed by atoms with E-state index in [9.17, 15) is 0 Å². The largest absolute Gasteiger partial charge is 0.501 e. The normalized spacial score (nSPS) is 13.9. The van der Waals surface area contributed by atoms with E-state index in [2.05, 4.69) is 5.32 Å². The summed E-state index contributed by atoms with van der Waals surface area (Å²) in [7, 11) is 1.20. The van der Waals surface area contributed by atoms with Crippen molar-refractivity contribution in [2.45, 2.75) is 6.42 Å². The number of allylic oxidation sites excluding steroid dienone is 1. The van der Waals surface area contributed by atoms with Crippen LogP contribution in [0.3, 0.4) is 0 Å². The van der Waals surface area contributed by atoms with Crippen molar-refractivity contribution in [1.82, 2.24) is 5.32 Å². The van der Waals surface area contributed by atoms with E-state index in [1.165, 1.54) is 0 Å². The third kappa shape index (κ3) is 9.76. The fraction of sp³-hybridized carbons (Fsp3) is 0.625. The Balaban J connectivity index is 3.19. The maximum absolute atomic E-state index is 5.58. The van der Waals surface area contributed by atoms with E-state index in [1.807, 2.05) is 25.6 Å². The van der Waals surface area contributed by atoms with Gasteiger partial charge in [0.1, 0.15) is 0 Å². The third-order valence-corrected chi connectivity index (χ3v) is 1.94. The van der Waals surface area contributed by atoms with Crippen LogP contribution in [-0.4, -0.2) is 32.7 Å². The first-order chi connectivity index (χ1) is 5.77. The first-order valence-corrected chi connectivity index (χ1v) is 6.28. The minimum Gasteiger partial charge on any atom is -0.501 e. The molecule has 0 aliphatic heterocycles. The summed E-state index contributed by atoms with van der Waals surface area (Å²) in [5.41, 5.74) is 5.58. The molecule has 0 saturated heterocycles. The topological polar surface area (TPSA) is 47.3 Å². The van der Waals surface area contributed by atoms with Crippen molar-refractivity contribution in [1.29, 1.82) is 0 Å². The molecule has 72 valence electrons. The smallest absolute Gasteiger partial charge is 0.0885 e. The molecular weight excluding hydrogens is 171 g/mol. The van der Waals surface area contributed by atoms with E-state index in [0.29, 0.717) is 0 Å². The van der Waals surface area contributed by atoms with Crippen LogP contribution in [0.4, 0.5) is 0 Å². The van der Waals surface area contributed by atoms with Crippen LogP contribution in [0.2, 0.25) is 0 Å². The lowest BCUT2D eigenvalue weighted by atomic mass is 10.4. The van der Waals surface area contributed by atoms with Crippen molar-refractivity contribution in [3.05, 3.63) is 12.3 Å². The summed E-state index contributed by atoms with van der Waals surface area (Å²) in [4.78, 5) is 0. The summed E-state index contributed by atoms with van der Waals surface area (Å²) >= 11 is 0. The molecule has 0 bridgehead atoms. The molecule has 0 aromatic carbocycles. The van der Waals surface area contributed by atoms with Gasteiger partial charge in [-0.05, 0) is 32.8 Å². The van der Waals surface area contributed by atoms with E-state index in [-0.39, 0.29) is 0 Å². The van der Waals surface area contributed by atoms with Gasteiger partial charge >= 0.3 is 0 Å². The number of rotatable bonds is 6. The van der Waals surface area contributed by atoms with Gasteiger partial charge < -0.3 is 15.6 Å². The fourth-order valence-electron chi connectivity index (χ4n) is 0.647. The molecule has 0 heterocycles. The van der Waals surface area contributed by atoms with Crippen molar-refractivity contribution in [3.63, 3.8) is 0 Å². The van der Waals surface area contributed by atoms with Crippen LogP contribution in [-0.2, 0) is 4.74 Å². The van der Waals surface area contributed by atoms with Gasteiger partial charge in [0, 0.05) is 0 Å². The third-order valence-electron chi connectivity index (χ3n) is 1.22. The summed E-state index contributed by atoms with van der Waals surface area (Å²) in [6.07, 6.45) is 4.62.